The van der Waals surface area contributed by atoms with E-state index in [4.69, 9.17) is 0 Å². The number of nitrogens with one attached hydrogen (secondary N) is 1. The Kier molecular flexibility index (Phi) is 5.03. The number of carbonyl (C=O) groups is 3. The van der Waals surface area contributed by atoms with Gasteiger partial charge in [0, 0.05) is 6.04 Å². The van der Waals surface area contributed by atoms with Crippen LogP contribution in [0.4, 0.5) is 5.69 Å². The standard InChI is InChI=1S/C24H24N2O4/c1-3-15-9-12-17(13-10-15)26-21(27)19-18(14-11-16-7-5-4-6-8-16)25-24(2,23(29)30)20(19)22(26)28/h4-14,18-20,25H,3H2,1-2H3,(H,29,30)/b14-11+. The number of amides is 2. The van der Waals surface area contributed by atoms with Crippen molar-refractivity contribution >= 4 is 29.5 Å². The molecule has 0 aromatic heterocycles. The molecule has 2 N–H and O–H groups in total. The molecule has 30 heavy (non-hydrogen) atoms. The third kappa shape index (κ3) is 3.13. The van der Waals surface area contributed by atoms with Crippen molar-refractivity contribution in [3.05, 3.63) is 71.8 Å². The zero-order valence-corrected chi connectivity index (χ0v) is 16.9. The average Bonchev–Trinajstić information content (AvgIpc) is 3.21. The number of aliphatic carboxylic acids is 1. The lowest BCUT2D eigenvalue weighted by Gasteiger charge is -2.26. The Bertz CT molecular complexity index is 1020. The maximum Gasteiger partial charge on any atom is 0.324 e. The Hall–Kier alpha value is -3.25. The molecule has 2 saturated heterocycles. The topological polar surface area (TPSA) is 86.7 Å². The number of hydrogen-bond donors (Lipinski definition) is 2. The zero-order valence-electron chi connectivity index (χ0n) is 16.9. The minimum atomic E-state index is -1.53. The van der Waals surface area contributed by atoms with Crippen molar-refractivity contribution in [3.8, 4) is 0 Å². The smallest absolute Gasteiger partial charge is 0.324 e. The fraction of sp³-hybridized carbons (Fsp3) is 0.292. The summed E-state index contributed by atoms with van der Waals surface area (Å²) in [7, 11) is 0. The summed E-state index contributed by atoms with van der Waals surface area (Å²) in [6.07, 6.45) is 4.48. The van der Waals surface area contributed by atoms with Crippen molar-refractivity contribution in [2.75, 3.05) is 4.90 Å². The molecule has 154 valence electrons. The fourth-order valence-electron chi connectivity index (χ4n) is 4.46. The molecule has 2 aromatic carbocycles. The van der Waals surface area contributed by atoms with E-state index in [0.717, 1.165) is 22.4 Å². The van der Waals surface area contributed by atoms with Crippen LogP contribution in [-0.2, 0) is 20.8 Å². The zero-order chi connectivity index (χ0) is 21.5. The molecular weight excluding hydrogens is 380 g/mol. The Balaban J connectivity index is 1.71. The van der Waals surface area contributed by atoms with E-state index in [-0.39, 0.29) is 5.91 Å². The maximum atomic E-state index is 13.3. The molecule has 6 heteroatoms. The van der Waals surface area contributed by atoms with Crippen LogP contribution in [0.25, 0.3) is 6.08 Å². The number of fused-ring (bicyclic) bond motifs is 1. The van der Waals surface area contributed by atoms with Gasteiger partial charge in [-0.3, -0.25) is 19.7 Å². The summed E-state index contributed by atoms with van der Waals surface area (Å²) >= 11 is 0. The van der Waals surface area contributed by atoms with Gasteiger partial charge in [-0.15, -0.1) is 0 Å². The van der Waals surface area contributed by atoms with E-state index >= 15 is 0 Å². The van der Waals surface area contributed by atoms with Crippen LogP contribution in [0.15, 0.2) is 60.7 Å². The first-order chi connectivity index (χ1) is 14.4. The van der Waals surface area contributed by atoms with E-state index in [1.165, 1.54) is 6.92 Å². The van der Waals surface area contributed by atoms with Gasteiger partial charge in [-0.1, -0.05) is 61.5 Å². The minimum Gasteiger partial charge on any atom is -0.480 e. The summed E-state index contributed by atoms with van der Waals surface area (Å²) < 4.78 is 0. The number of anilines is 1. The van der Waals surface area contributed by atoms with E-state index < -0.39 is 35.3 Å². The molecule has 4 atom stereocenters. The molecule has 4 rings (SSSR count). The van der Waals surface area contributed by atoms with Crippen molar-refractivity contribution in [3.63, 3.8) is 0 Å². The van der Waals surface area contributed by atoms with Gasteiger partial charge in [-0.2, -0.15) is 0 Å². The second-order valence-electron chi connectivity index (χ2n) is 7.98. The van der Waals surface area contributed by atoms with Crippen LogP contribution in [0.3, 0.4) is 0 Å². The van der Waals surface area contributed by atoms with Gasteiger partial charge in [0.25, 0.3) is 0 Å². The number of imide groups is 1. The van der Waals surface area contributed by atoms with E-state index in [1.807, 2.05) is 55.5 Å². The van der Waals surface area contributed by atoms with Gasteiger partial charge < -0.3 is 5.11 Å². The van der Waals surface area contributed by atoms with Crippen LogP contribution in [-0.4, -0.2) is 34.5 Å². The van der Waals surface area contributed by atoms with Crippen molar-refractivity contribution in [2.24, 2.45) is 11.8 Å². The lowest BCUT2D eigenvalue weighted by atomic mass is 9.81. The molecular formula is C24H24N2O4. The number of nitrogens with zero attached hydrogens (tertiary/aromatic N) is 1. The van der Waals surface area contributed by atoms with Crippen molar-refractivity contribution in [1.29, 1.82) is 0 Å². The monoisotopic (exact) mass is 404 g/mol. The van der Waals surface area contributed by atoms with Crippen molar-refractivity contribution in [2.45, 2.75) is 31.8 Å². The Morgan fingerprint density at radius 3 is 2.37 bits per heavy atom. The number of hydrogen-bond acceptors (Lipinski definition) is 4. The molecule has 2 fully saturated rings. The van der Waals surface area contributed by atoms with Crippen LogP contribution < -0.4 is 10.2 Å². The highest BCUT2D eigenvalue weighted by molar-refractivity contribution is 6.24. The summed E-state index contributed by atoms with van der Waals surface area (Å²) in [4.78, 5) is 39.8. The van der Waals surface area contributed by atoms with Gasteiger partial charge in [-0.05, 0) is 36.6 Å². The molecule has 0 saturated carbocycles. The normalized spacial score (nSPS) is 28.3. The molecule has 2 aliphatic rings. The van der Waals surface area contributed by atoms with Gasteiger partial charge in [0.05, 0.1) is 17.5 Å². The van der Waals surface area contributed by atoms with Gasteiger partial charge in [-0.25, -0.2) is 4.90 Å². The molecule has 2 heterocycles. The highest BCUT2D eigenvalue weighted by Crippen LogP contribution is 2.44. The largest absolute Gasteiger partial charge is 0.480 e. The third-order valence-electron chi connectivity index (χ3n) is 6.17. The van der Waals surface area contributed by atoms with Crippen LogP contribution in [0.5, 0.6) is 0 Å². The van der Waals surface area contributed by atoms with E-state index in [2.05, 4.69) is 5.32 Å². The lowest BCUT2D eigenvalue weighted by Crippen LogP contribution is -2.54. The molecule has 2 amide bonds. The molecule has 0 spiro atoms. The van der Waals surface area contributed by atoms with Gasteiger partial charge in [0.2, 0.25) is 11.8 Å². The molecule has 0 bridgehead atoms. The van der Waals surface area contributed by atoms with Gasteiger partial charge in [0.1, 0.15) is 5.54 Å². The molecule has 0 aliphatic carbocycles. The highest BCUT2D eigenvalue weighted by atomic mass is 16.4. The predicted molar refractivity (Wildman–Crippen MR) is 114 cm³/mol. The molecule has 2 aliphatic heterocycles. The van der Waals surface area contributed by atoms with Crippen LogP contribution >= 0.6 is 0 Å². The van der Waals surface area contributed by atoms with Crippen LogP contribution in [0.1, 0.15) is 25.0 Å². The summed E-state index contributed by atoms with van der Waals surface area (Å²) in [6, 6.07) is 16.2. The number of carbonyl (C=O) groups excluding carboxylic acids is 2. The second kappa shape index (κ2) is 7.54. The summed E-state index contributed by atoms with van der Waals surface area (Å²) in [5.41, 5.74) is 0.985. The number of rotatable bonds is 5. The Morgan fingerprint density at radius 2 is 1.77 bits per heavy atom. The van der Waals surface area contributed by atoms with Crippen LogP contribution in [0, 0.1) is 11.8 Å². The van der Waals surface area contributed by atoms with Crippen LogP contribution in [0.2, 0.25) is 0 Å². The highest BCUT2D eigenvalue weighted by Gasteiger charge is 2.66. The summed E-state index contributed by atoms with van der Waals surface area (Å²) in [5, 5.41) is 12.9. The fourth-order valence-corrected chi connectivity index (χ4v) is 4.46. The van der Waals surface area contributed by atoms with Crippen molar-refractivity contribution in [1.82, 2.24) is 5.32 Å². The molecule has 6 nitrogen and oxygen atoms in total. The number of benzene rings is 2. The van der Waals surface area contributed by atoms with E-state index in [9.17, 15) is 19.5 Å². The first kappa shape index (κ1) is 20.0. The van der Waals surface area contributed by atoms with E-state index in [0.29, 0.717) is 5.69 Å². The number of carboxylic acids is 1. The predicted octanol–water partition coefficient (Wildman–Crippen LogP) is 2.88. The SMILES string of the molecule is CCc1ccc(N2C(=O)C3C(/C=C/c4ccccc4)NC(C)(C(=O)O)C3C2=O)cc1. The quantitative estimate of drug-likeness (QED) is 0.749. The van der Waals surface area contributed by atoms with E-state index in [1.54, 1.807) is 18.2 Å². The maximum absolute atomic E-state index is 13.3. The Morgan fingerprint density at radius 1 is 1.10 bits per heavy atom. The molecule has 2 aromatic rings. The second-order valence-corrected chi connectivity index (χ2v) is 7.98. The van der Waals surface area contributed by atoms with Crippen molar-refractivity contribution < 1.29 is 19.5 Å². The minimum absolute atomic E-state index is 0.366. The number of aryl methyl sites for hydroxylation is 1. The summed E-state index contributed by atoms with van der Waals surface area (Å²) in [5.74, 6) is -3.72. The first-order valence-corrected chi connectivity index (χ1v) is 10.1. The number of carboxylic acid groups (broad SMARTS) is 1. The average molecular weight is 404 g/mol. The Labute approximate surface area is 175 Å². The van der Waals surface area contributed by atoms with Gasteiger partial charge in [0.15, 0.2) is 0 Å². The summed E-state index contributed by atoms with van der Waals surface area (Å²) in [6.45, 7) is 3.51. The van der Waals surface area contributed by atoms with Gasteiger partial charge >= 0.3 is 5.97 Å². The lowest BCUT2D eigenvalue weighted by molar-refractivity contribution is -0.147. The first-order valence-electron chi connectivity index (χ1n) is 10.1. The molecule has 4 unspecified atom stereocenters. The third-order valence-corrected chi connectivity index (χ3v) is 6.17. The molecule has 0 radical (unpaired) electrons.